The van der Waals surface area contributed by atoms with Crippen molar-refractivity contribution in [2.45, 2.75) is 27.3 Å². The van der Waals surface area contributed by atoms with Crippen molar-refractivity contribution in [1.82, 2.24) is 15.5 Å². The molecule has 2 rings (SSSR count). The Morgan fingerprint density at radius 1 is 1.25 bits per heavy atom. The van der Waals surface area contributed by atoms with Crippen LogP contribution in [-0.4, -0.2) is 16.7 Å². The van der Waals surface area contributed by atoms with Crippen LogP contribution < -0.4 is 5.32 Å². The molecule has 0 atom stereocenters. The number of nitrogens with zero attached hydrogens (tertiary/aromatic N) is 2. The summed E-state index contributed by atoms with van der Waals surface area (Å²) in [5, 5.41) is 12.1. The monoisotopic (exact) mass is 297 g/mol. The minimum Gasteiger partial charge on any atom is -0.310 e. The molecule has 0 aliphatic rings. The fourth-order valence-electron chi connectivity index (χ4n) is 1.75. The number of rotatable bonds is 5. The molecule has 0 fully saturated rings. The highest BCUT2D eigenvalue weighted by molar-refractivity contribution is 7.14. The summed E-state index contributed by atoms with van der Waals surface area (Å²) in [4.78, 5) is 0. The lowest BCUT2D eigenvalue weighted by atomic mass is 10.1. The van der Waals surface area contributed by atoms with E-state index in [0.29, 0.717) is 18.0 Å². The standard InChI is InChI=1S/C14H17F2N3S/c1-8(2)6-17-7-11-18-19-14(20-11)12-10(15)5-4-9(3)13(12)16/h4-5,8,17H,6-7H2,1-3H3. The van der Waals surface area contributed by atoms with Crippen LogP contribution in [0.2, 0.25) is 0 Å². The molecule has 3 nitrogen and oxygen atoms in total. The number of aromatic nitrogens is 2. The normalized spacial score (nSPS) is 11.3. The lowest BCUT2D eigenvalue weighted by Gasteiger charge is -2.04. The van der Waals surface area contributed by atoms with Crippen LogP contribution in [0.15, 0.2) is 12.1 Å². The molecule has 0 radical (unpaired) electrons. The summed E-state index contributed by atoms with van der Waals surface area (Å²) >= 11 is 1.21. The molecule has 1 aromatic heterocycles. The van der Waals surface area contributed by atoms with Gasteiger partial charge in [0.25, 0.3) is 0 Å². The minimum atomic E-state index is -0.606. The Balaban J connectivity index is 2.19. The first-order valence-electron chi connectivity index (χ1n) is 6.47. The Morgan fingerprint density at radius 2 is 2.00 bits per heavy atom. The van der Waals surface area contributed by atoms with Crippen molar-refractivity contribution in [3.63, 3.8) is 0 Å². The van der Waals surface area contributed by atoms with E-state index in [2.05, 4.69) is 29.4 Å². The van der Waals surface area contributed by atoms with Crippen molar-refractivity contribution < 1.29 is 8.78 Å². The zero-order valence-corrected chi connectivity index (χ0v) is 12.5. The van der Waals surface area contributed by atoms with Gasteiger partial charge in [-0.15, -0.1) is 10.2 Å². The lowest BCUT2D eigenvalue weighted by molar-refractivity contribution is 0.550. The molecule has 0 unspecified atom stereocenters. The average molecular weight is 297 g/mol. The molecule has 0 saturated heterocycles. The lowest BCUT2D eigenvalue weighted by Crippen LogP contribution is -2.18. The summed E-state index contributed by atoms with van der Waals surface area (Å²) in [7, 11) is 0. The van der Waals surface area contributed by atoms with Crippen LogP contribution in [0.4, 0.5) is 8.78 Å². The molecular weight excluding hydrogens is 280 g/mol. The van der Waals surface area contributed by atoms with E-state index in [4.69, 9.17) is 0 Å². The topological polar surface area (TPSA) is 37.8 Å². The molecule has 1 N–H and O–H groups in total. The number of nitrogens with one attached hydrogen (secondary N) is 1. The van der Waals surface area contributed by atoms with E-state index >= 15 is 0 Å². The van der Waals surface area contributed by atoms with Crippen molar-refractivity contribution in [3.05, 3.63) is 34.3 Å². The first kappa shape index (κ1) is 15.0. The van der Waals surface area contributed by atoms with E-state index in [0.717, 1.165) is 11.6 Å². The van der Waals surface area contributed by atoms with E-state index < -0.39 is 11.6 Å². The Hall–Kier alpha value is -1.40. The third-order valence-electron chi connectivity index (χ3n) is 2.79. The van der Waals surface area contributed by atoms with Crippen molar-refractivity contribution in [2.24, 2.45) is 5.92 Å². The number of aryl methyl sites for hydroxylation is 1. The summed E-state index contributed by atoms with van der Waals surface area (Å²) < 4.78 is 27.8. The van der Waals surface area contributed by atoms with Crippen molar-refractivity contribution in [3.8, 4) is 10.6 Å². The highest BCUT2D eigenvalue weighted by Crippen LogP contribution is 2.30. The van der Waals surface area contributed by atoms with Gasteiger partial charge in [0.2, 0.25) is 0 Å². The van der Waals surface area contributed by atoms with Gasteiger partial charge in [0.05, 0.1) is 5.56 Å². The van der Waals surface area contributed by atoms with Crippen LogP contribution in [0.25, 0.3) is 10.6 Å². The van der Waals surface area contributed by atoms with Gasteiger partial charge >= 0.3 is 0 Å². The van der Waals surface area contributed by atoms with Gasteiger partial charge in [0, 0.05) is 6.54 Å². The number of hydrogen-bond donors (Lipinski definition) is 1. The number of halogens is 2. The summed E-state index contributed by atoms with van der Waals surface area (Å²) in [5.41, 5.74) is 0.314. The van der Waals surface area contributed by atoms with E-state index in [1.54, 1.807) is 6.92 Å². The van der Waals surface area contributed by atoms with E-state index in [9.17, 15) is 8.78 Å². The smallest absolute Gasteiger partial charge is 0.153 e. The Bertz CT molecular complexity index is 596. The van der Waals surface area contributed by atoms with Gasteiger partial charge in [0.1, 0.15) is 16.6 Å². The van der Waals surface area contributed by atoms with Gasteiger partial charge < -0.3 is 5.32 Å². The van der Waals surface area contributed by atoms with Gasteiger partial charge in [0.15, 0.2) is 5.01 Å². The summed E-state index contributed by atoms with van der Waals surface area (Å²) in [6.07, 6.45) is 0. The number of hydrogen-bond acceptors (Lipinski definition) is 4. The van der Waals surface area contributed by atoms with Crippen LogP contribution in [-0.2, 0) is 6.54 Å². The first-order chi connectivity index (χ1) is 9.49. The quantitative estimate of drug-likeness (QED) is 0.917. The maximum atomic E-state index is 14.0. The highest BCUT2D eigenvalue weighted by atomic mass is 32.1. The van der Waals surface area contributed by atoms with Gasteiger partial charge in [-0.1, -0.05) is 31.3 Å². The molecule has 0 aliphatic heterocycles. The highest BCUT2D eigenvalue weighted by Gasteiger charge is 2.17. The molecule has 20 heavy (non-hydrogen) atoms. The molecule has 0 saturated carbocycles. The Morgan fingerprint density at radius 3 is 2.70 bits per heavy atom. The molecule has 2 aromatic rings. The second kappa shape index (κ2) is 6.37. The van der Waals surface area contributed by atoms with Crippen LogP contribution in [0.1, 0.15) is 24.4 Å². The minimum absolute atomic E-state index is 0.0855. The molecule has 0 aliphatic carbocycles. The fraction of sp³-hybridized carbons (Fsp3) is 0.429. The molecule has 1 heterocycles. The van der Waals surface area contributed by atoms with Crippen LogP contribution in [0, 0.1) is 24.5 Å². The summed E-state index contributed by atoms with van der Waals surface area (Å²) in [5.74, 6) is -0.636. The fourth-order valence-corrected chi connectivity index (χ4v) is 2.60. The Labute approximate surface area is 121 Å². The zero-order valence-electron chi connectivity index (χ0n) is 11.7. The van der Waals surface area contributed by atoms with Crippen molar-refractivity contribution in [2.75, 3.05) is 6.54 Å². The van der Waals surface area contributed by atoms with E-state index in [1.807, 2.05) is 0 Å². The molecule has 1 aromatic carbocycles. The SMILES string of the molecule is Cc1ccc(F)c(-c2nnc(CNCC(C)C)s2)c1F. The van der Waals surface area contributed by atoms with Crippen LogP contribution in [0.3, 0.4) is 0 Å². The maximum absolute atomic E-state index is 14.0. The van der Waals surface area contributed by atoms with Gasteiger partial charge in [-0.05, 0) is 31.0 Å². The second-order valence-corrected chi connectivity index (χ2v) is 6.14. The summed E-state index contributed by atoms with van der Waals surface area (Å²) in [6, 6.07) is 2.67. The number of benzene rings is 1. The van der Waals surface area contributed by atoms with Gasteiger partial charge in [-0.2, -0.15) is 0 Å². The Kier molecular flexibility index (Phi) is 4.77. The van der Waals surface area contributed by atoms with E-state index in [1.165, 1.54) is 23.5 Å². The van der Waals surface area contributed by atoms with Gasteiger partial charge in [-0.25, -0.2) is 8.78 Å². The second-order valence-electron chi connectivity index (χ2n) is 5.08. The third-order valence-corrected chi connectivity index (χ3v) is 3.73. The molecule has 0 spiro atoms. The van der Waals surface area contributed by atoms with Gasteiger partial charge in [-0.3, -0.25) is 0 Å². The average Bonchev–Trinajstić information content (AvgIpc) is 2.83. The molecule has 0 amide bonds. The van der Waals surface area contributed by atoms with E-state index in [-0.39, 0.29) is 10.6 Å². The first-order valence-corrected chi connectivity index (χ1v) is 7.28. The van der Waals surface area contributed by atoms with Crippen molar-refractivity contribution in [1.29, 1.82) is 0 Å². The predicted molar refractivity (Wildman–Crippen MR) is 76.5 cm³/mol. The summed E-state index contributed by atoms with van der Waals surface area (Å²) in [6.45, 7) is 7.24. The van der Waals surface area contributed by atoms with Crippen molar-refractivity contribution >= 4 is 11.3 Å². The molecule has 6 heteroatoms. The molecule has 0 bridgehead atoms. The van der Waals surface area contributed by atoms with Crippen LogP contribution >= 0.6 is 11.3 Å². The molecule has 108 valence electrons. The third kappa shape index (κ3) is 3.37. The van der Waals surface area contributed by atoms with Crippen LogP contribution in [0.5, 0.6) is 0 Å². The predicted octanol–water partition coefficient (Wildman–Crippen LogP) is 3.54. The molecular formula is C14H17F2N3S. The maximum Gasteiger partial charge on any atom is 0.153 e. The largest absolute Gasteiger partial charge is 0.310 e. The zero-order chi connectivity index (χ0) is 14.7.